The van der Waals surface area contributed by atoms with Crippen molar-refractivity contribution >= 4 is 5.91 Å². The molecule has 0 aromatic carbocycles. The molecule has 1 amide bonds. The Kier molecular flexibility index (Phi) is 7.60. The van der Waals surface area contributed by atoms with E-state index in [-0.39, 0.29) is 18.5 Å². The van der Waals surface area contributed by atoms with E-state index in [1.165, 1.54) is 0 Å². The zero-order chi connectivity index (χ0) is 11.7. The van der Waals surface area contributed by atoms with Gasteiger partial charge in [-0.1, -0.05) is 6.92 Å². The van der Waals surface area contributed by atoms with Crippen LogP contribution >= 0.6 is 0 Å². The first-order valence-corrected chi connectivity index (χ1v) is 5.05. The molecule has 0 radical (unpaired) electrons. The molecule has 0 saturated carbocycles. The van der Waals surface area contributed by atoms with Gasteiger partial charge in [-0.05, 0) is 13.5 Å². The van der Waals surface area contributed by atoms with E-state index in [1.807, 2.05) is 17.9 Å². The SMILES string of the molecule is CCN(CC#N)C(C)C(=O)NCCOC. The van der Waals surface area contributed by atoms with Gasteiger partial charge in [0.05, 0.1) is 25.3 Å². The smallest absolute Gasteiger partial charge is 0.237 e. The Bertz CT molecular complexity index is 225. The van der Waals surface area contributed by atoms with Crippen molar-refractivity contribution in [2.24, 2.45) is 0 Å². The van der Waals surface area contributed by atoms with Crippen LogP contribution in [0.25, 0.3) is 0 Å². The highest BCUT2D eigenvalue weighted by Gasteiger charge is 2.18. The van der Waals surface area contributed by atoms with Crippen molar-refractivity contribution in [2.45, 2.75) is 19.9 Å². The number of hydrogen-bond acceptors (Lipinski definition) is 4. The summed E-state index contributed by atoms with van der Waals surface area (Å²) in [5.41, 5.74) is 0. The van der Waals surface area contributed by atoms with Crippen LogP contribution < -0.4 is 5.32 Å². The topological polar surface area (TPSA) is 65.4 Å². The number of nitrogens with one attached hydrogen (secondary N) is 1. The van der Waals surface area contributed by atoms with Crippen molar-refractivity contribution in [1.82, 2.24) is 10.2 Å². The van der Waals surface area contributed by atoms with E-state index in [0.29, 0.717) is 19.7 Å². The predicted molar refractivity (Wildman–Crippen MR) is 57.2 cm³/mol. The van der Waals surface area contributed by atoms with Gasteiger partial charge in [0.1, 0.15) is 0 Å². The maximum absolute atomic E-state index is 11.6. The Morgan fingerprint density at radius 3 is 2.80 bits per heavy atom. The molecular weight excluding hydrogens is 194 g/mol. The van der Waals surface area contributed by atoms with Gasteiger partial charge in [-0.15, -0.1) is 0 Å². The van der Waals surface area contributed by atoms with Crippen LogP contribution in [0.15, 0.2) is 0 Å². The molecule has 1 atom stereocenters. The third-order valence-electron chi connectivity index (χ3n) is 2.21. The summed E-state index contributed by atoms with van der Waals surface area (Å²) in [5, 5.41) is 11.3. The monoisotopic (exact) mass is 213 g/mol. The fourth-order valence-corrected chi connectivity index (χ4v) is 1.20. The van der Waals surface area contributed by atoms with Gasteiger partial charge in [0.2, 0.25) is 5.91 Å². The van der Waals surface area contributed by atoms with E-state index in [2.05, 4.69) is 5.32 Å². The van der Waals surface area contributed by atoms with Gasteiger partial charge in [-0.25, -0.2) is 0 Å². The molecule has 0 heterocycles. The van der Waals surface area contributed by atoms with Gasteiger partial charge in [0, 0.05) is 13.7 Å². The van der Waals surface area contributed by atoms with Crippen LogP contribution in [0.3, 0.4) is 0 Å². The molecule has 1 unspecified atom stereocenters. The minimum atomic E-state index is -0.272. The molecule has 0 spiro atoms. The van der Waals surface area contributed by atoms with Crippen LogP contribution in [0.4, 0.5) is 0 Å². The number of ether oxygens (including phenoxy) is 1. The summed E-state index contributed by atoms with van der Waals surface area (Å²) in [6.45, 7) is 5.69. The Balaban J connectivity index is 3.99. The molecular formula is C10H19N3O2. The van der Waals surface area contributed by atoms with Gasteiger partial charge in [0.15, 0.2) is 0 Å². The van der Waals surface area contributed by atoms with E-state index in [0.717, 1.165) is 0 Å². The lowest BCUT2D eigenvalue weighted by Crippen LogP contribution is -2.45. The van der Waals surface area contributed by atoms with Crippen molar-refractivity contribution in [3.05, 3.63) is 0 Å². The van der Waals surface area contributed by atoms with Crippen LogP contribution in [0.1, 0.15) is 13.8 Å². The van der Waals surface area contributed by atoms with Gasteiger partial charge >= 0.3 is 0 Å². The largest absolute Gasteiger partial charge is 0.383 e. The molecule has 0 aliphatic carbocycles. The lowest BCUT2D eigenvalue weighted by Gasteiger charge is -2.23. The minimum absolute atomic E-state index is 0.0656. The first-order chi connectivity index (χ1) is 7.17. The molecule has 0 aliphatic heterocycles. The van der Waals surface area contributed by atoms with Gasteiger partial charge in [0.25, 0.3) is 0 Å². The molecule has 86 valence electrons. The van der Waals surface area contributed by atoms with E-state index < -0.39 is 0 Å². The summed E-state index contributed by atoms with van der Waals surface area (Å²) in [6.07, 6.45) is 0. The van der Waals surface area contributed by atoms with Crippen LogP contribution in [0.2, 0.25) is 0 Å². The third-order valence-corrected chi connectivity index (χ3v) is 2.21. The number of rotatable bonds is 7. The van der Waals surface area contributed by atoms with E-state index in [9.17, 15) is 4.79 Å². The Morgan fingerprint density at radius 1 is 1.67 bits per heavy atom. The Labute approximate surface area is 91.0 Å². The number of hydrogen-bond donors (Lipinski definition) is 1. The number of nitriles is 1. The molecule has 0 aromatic rings. The van der Waals surface area contributed by atoms with E-state index >= 15 is 0 Å². The summed E-state index contributed by atoms with van der Waals surface area (Å²) >= 11 is 0. The summed E-state index contributed by atoms with van der Waals surface area (Å²) < 4.78 is 4.83. The molecule has 5 heteroatoms. The summed E-state index contributed by atoms with van der Waals surface area (Å²) in [4.78, 5) is 13.4. The molecule has 0 aliphatic rings. The van der Waals surface area contributed by atoms with Gasteiger partial charge < -0.3 is 10.1 Å². The molecule has 0 rings (SSSR count). The van der Waals surface area contributed by atoms with Gasteiger partial charge in [-0.3, -0.25) is 9.69 Å². The van der Waals surface area contributed by atoms with Crippen LogP contribution in [0, 0.1) is 11.3 Å². The second kappa shape index (κ2) is 8.21. The highest BCUT2D eigenvalue weighted by Crippen LogP contribution is 1.97. The summed E-state index contributed by atoms with van der Waals surface area (Å²) in [6, 6.07) is 1.77. The van der Waals surface area contributed by atoms with E-state index in [4.69, 9.17) is 10.00 Å². The van der Waals surface area contributed by atoms with Crippen LogP contribution in [-0.2, 0) is 9.53 Å². The highest BCUT2D eigenvalue weighted by molar-refractivity contribution is 5.81. The maximum Gasteiger partial charge on any atom is 0.237 e. The summed E-state index contributed by atoms with van der Waals surface area (Å²) in [5.74, 6) is -0.0656. The van der Waals surface area contributed by atoms with Crippen molar-refractivity contribution in [2.75, 3.05) is 33.4 Å². The lowest BCUT2D eigenvalue weighted by atomic mass is 10.2. The first kappa shape index (κ1) is 13.9. The fraction of sp³-hybridized carbons (Fsp3) is 0.800. The fourth-order valence-electron chi connectivity index (χ4n) is 1.20. The average molecular weight is 213 g/mol. The number of amides is 1. The highest BCUT2D eigenvalue weighted by atomic mass is 16.5. The van der Waals surface area contributed by atoms with E-state index in [1.54, 1.807) is 14.0 Å². The van der Waals surface area contributed by atoms with Crippen molar-refractivity contribution < 1.29 is 9.53 Å². The second-order valence-electron chi connectivity index (χ2n) is 3.18. The normalized spacial score (nSPS) is 12.2. The Hall–Kier alpha value is -1.12. The minimum Gasteiger partial charge on any atom is -0.383 e. The standard InChI is InChI=1S/C10H19N3O2/c1-4-13(7-5-11)9(2)10(14)12-6-8-15-3/h9H,4,6-8H2,1-3H3,(H,12,14). The quantitative estimate of drug-likeness (QED) is 0.477. The number of carbonyl (C=O) groups is 1. The zero-order valence-electron chi connectivity index (χ0n) is 9.62. The molecule has 5 nitrogen and oxygen atoms in total. The average Bonchev–Trinajstić information content (AvgIpc) is 2.25. The molecule has 0 fully saturated rings. The summed E-state index contributed by atoms with van der Waals surface area (Å²) in [7, 11) is 1.59. The number of likely N-dealkylation sites (N-methyl/N-ethyl adjacent to an activating group) is 1. The molecule has 0 bridgehead atoms. The van der Waals surface area contributed by atoms with Crippen LogP contribution in [-0.4, -0.2) is 50.2 Å². The van der Waals surface area contributed by atoms with Gasteiger partial charge in [-0.2, -0.15) is 5.26 Å². The second-order valence-corrected chi connectivity index (χ2v) is 3.18. The lowest BCUT2D eigenvalue weighted by molar-refractivity contribution is -0.125. The molecule has 0 aromatic heterocycles. The molecule has 15 heavy (non-hydrogen) atoms. The van der Waals surface area contributed by atoms with Crippen LogP contribution in [0.5, 0.6) is 0 Å². The third kappa shape index (κ3) is 5.35. The maximum atomic E-state index is 11.6. The predicted octanol–water partition coefficient (Wildman–Crippen LogP) is -0.0170. The first-order valence-electron chi connectivity index (χ1n) is 5.05. The zero-order valence-corrected chi connectivity index (χ0v) is 9.62. The van der Waals surface area contributed by atoms with Crippen molar-refractivity contribution in [3.8, 4) is 6.07 Å². The molecule has 0 saturated heterocycles. The number of carbonyl (C=O) groups excluding carboxylic acids is 1. The number of methoxy groups -OCH3 is 1. The molecule has 1 N–H and O–H groups in total. The Morgan fingerprint density at radius 2 is 2.33 bits per heavy atom. The van der Waals surface area contributed by atoms with Crippen molar-refractivity contribution in [3.63, 3.8) is 0 Å². The van der Waals surface area contributed by atoms with Crippen molar-refractivity contribution in [1.29, 1.82) is 5.26 Å². The number of nitrogens with zero attached hydrogens (tertiary/aromatic N) is 2.